The number of nitrogens with zero attached hydrogens (tertiary/aromatic N) is 4. The maximum atomic E-state index is 14.1. The Bertz CT molecular complexity index is 816. The molecule has 0 aliphatic carbocycles. The van der Waals surface area contributed by atoms with Crippen LogP contribution < -0.4 is 5.49 Å². The molecule has 0 saturated carbocycles. The monoisotopic (exact) mass is 414 g/mol. The largest absolute Gasteiger partial charge is 0.427 e. The molecule has 0 bridgehead atoms. The number of hydrogen-bond donors (Lipinski definition) is 2. The fraction of sp³-hybridized carbons (Fsp3) is 0.556. The van der Waals surface area contributed by atoms with Crippen LogP contribution in [0.25, 0.3) is 0 Å². The van der Waals surface area contributed by atoms with E-state index in [1.165, 1.54) is 0 Å². The fourth-order valence-electron chi connectivity index (χ4n) is 3.24. The molecule has 0 aromatic carbocycles. The van der Waals surface area contributed by atoms with Crippen LogP contribution in [-0.2, 0) is 14.4 Å². The van der Waals surface area contributed by atoms with Gasteiger partial charge in [0.25, 0.3) is 5.91 Å². The zero-order chi connectivity index (χ0) is 21.6. The molecule has 160 valence electrons. The predicted octanol–water partition coefficient (Wildman–Crippen LogP) is 0.885. The van der Waals surface area contributed by atoms with Gasteiger partial charge < -0.3 is 10.1 Å². The Balaban J connectivity index is 2.25. The smallest absolute Gasteiger partial charge is 0.270 e. The van der Waals surface area contributed by atoms with Gasteiger partial charge in [-0.1, -0.05) is 19.8 Å². The van der Waals surface area contributed by atoms with Gasteiger partial charge in [-0.3, -0.25) is 19.6 Å². The Kier molecular flexibility index (Phi) is 7.82. The van der Waals surface area contributed by atoms with Crippen molar-refractivity contribution < 1.29 is 33.6 Å². The number of carbonyl (C=O) groups is 3. The average Bonchev–Trinajstić information content (AvgIpc) is 3.08. The summed E-state index contributed by atoms with van der Waals surface area (Å²) in [7, 11) is 0. The lowest BCUT2D eigenvalue weighted by Gasteiger charge is -2.28. The van der Waals surface area contributed by atoms with Gasteiger partial charge in [0, 0.05) is 6.42 Å². The van der Waals surface area contributed by atoms with Gasteiger partial charge in [0.05, 0.1) is 25.2 Å². The first kappa shape index (κ1) is 22.5. The van der Waals surface area contributed by atoms with Crippen LogP contribution in [0, 0.1) is 11.7 Å². The maximum Gasteiger partial charge on any atom is 0.270 e. The summed E-state index contributed by atoms with van der Waals surface area (Å²) in [5.74, 6) is -2.98. The molecule has 0 spiro atoms. The summed E-state index contributed by atoms with van der Waals surface area (Å²) < 4.78 is 27.4. The average molecular weight is 414 g/mol. The highest BCUT2D eigenvalue weighted by Crippen LogP contribution is 2.25. The minimum atomic E-state index is -1.44. The van der Waals surface area contributed by atoms with E-state index in [2.05, 4.69) is 4.99 Å². The number of amides is 3. The molecule has 2 rings (SSSR count). The Labute approximate surface area is 165 Å². The lowest BCUT2D eigenvalue weighted by atomic mass is 9.99. The lowest BCUT2D eigenvalue weighted by Crippen LogP contribution is -2.46. The highest BCUT2D eigenvalue weighted by molar-refractivity contribution is 5.90. The molecule has 3 amide bonds. The minimum absolute atomic E-state index is 0.167. The van der Waals surface area contributed by atoms with Gasteiger partial charge in [0.15, 0.2) is 5.49 Å². The summed E-state index contributed by atoms with van der Waals surface area (Å²) >= 11 is 0. The molecule has 0 unspecified atom stereocenters. The first-order valence-corrected chi connectivity index (χ1v) is 9.28. The normalized spacial score (nSPS) is 20.6. The van der Waals surface area contributed by atoms with E-state index >= 15 is 0 Å². The van der Waals surface area contributed by atoms with Crippen molar-refractivity contribution in [2.75, 3.05) is 13.1 Å². The van der Waals surface area contributed by atoms with E-state index in [1.54, 1.807) is 0 Å². The van der Waals surface area contributed by atoms with Crippen LogP contribution in [0.4, 0.5) is 8.78 Å². The minimum Gasteiger partial charge on any atom is -0.427 e. The summed E-state index contributed by atoms with van der Waals surface area (Å²) in [4.78, 5) is 40.9. The van der Waals surface area contributed by atoms with Crippen molar-refractivity contribution in [2.45, 2.75) is 44.8 Å². The third kappa shape index (κ3) is 5.83. The van der Waals surface area contributed by atoms with Crippen LogP contribution in [0.15, 0.2) is 23.3 Å². The molecule has 1 saturated heterocycles. The van der Waals surface area contributed by atoms with E-state index in [4.69, 9.17) is 0 Å². The number of unbranched alkanes of at least 4 members (excludes halogenated alkanes) is 1. The predicted molar refractivity (Wildman–Crippen MR) is 94.7 cm³/mol. The summed E-state index contributed by atoms with van der Waals surface area (Å²) in [6.07, 6.45) is 0.914. The van der Waals surface area contributed by atoms with Gasteiger partial charge in [-0.25, -0.2) is 13.8 Å². The van der Waals surface area contributed by atoms with Gasteiger partial charge >= 0.3 is 0 Å². The number of rotatable bonds is 8. The molecular formula is C18H24F2N4O5. The third-order valence-corrected chi connectivity index (χ3v) is 4.70. The quantitative estimate of drug-likeness (QED) is 0.284. The van der Waals surface area contributed by atoms with E-state index in [0.29, 0.717) is 28.8 Å². The Morgan fingerprint density at radius 1 is 1.45 bits per heavy atom. The second kappa shape index (κ2) is 10.1. The fourth-order valence-corrected chi connectivity index (χ4v) is 3.24. The molecule has 1 aliphatic rings. The second-order valence-electron chi connectivity index (χ2n) is 6.91. The highest BCUT2D eigenvalue weighted by atomic mass is 19.1. The maximum absolute atomic E-state index is 14.1. The van der Waals surface area contributed by atoms with Crippen LogP contribution in [-0.4, -0.2) is 68.6 Å². The van der Waals surface area contributed by atoms with Gasteiger partial charge in [-0.15, -0.1) is 0 Å². The number of carbonyl (C=O) groups excluding carboxylic acids is 3. The van der Waals surface area contributed by atoms with Crippen molar-refractivity contribution in [2.24, 2.45) is 10.9 Å². The number of aromatic nitrogens is 1. The van der Waals surface area contributed by atoms with Crippen molar-refractivity contribution in [3.8, 4) is 0 Å². The standard InChI is InChI=1S/C18H24F2N4O5/c1-2-3-4-12(8-22(28)11-25)18(27)23-9-14(20)7-15(23)17(26)21-16-6-5-13(19)10-24(16)29/h5-6,10-12,14-15,28-29H,2-4,7-9H2,1H3/t12-,14-,15+/m1/s1. The number of hydrogen-bond acceptors (Lipinski definition) is 5. The first-order valence-electron chi connectivity index (χ1n) is 9.28. The van der Waals surface area contributed by atoms with E-state index in [-0.39, 0.29) is 31.4 Å². The van der Waals surface area contributed by atoms with Gasteiger partial charge in [-0.2, -0.15) is 9.72 Å². The third-order valence-electron chi connectivity index (χ3n) is 4.70. The molecule has 1 aliphatic heterocycles. The SMILES string of the molecule is CCCC[C@H](CN(O)C=O)C(=O)N1C[C@H](F)C[C@H]1C(=O)N=c1ccc(F)cn1O. The molecule has 1 aromatic rings. The summed E-state index contributed by atoms with van der Waals surface area (Å²) in [6.45, 7) is 1.31. The van der Waals surface area contributed by atoms with Crippen LogP contribution in [0.1, 0.15) is 32.6 Å². The number of alkyl halides is 1. The van der Waals surface area contributed by atoms with Crippen LogP contribution in [0.5, 0.6) is 0 Å². The Morgan fingerprint density at radius 3 is 2.79 bits per heavy atom. The number of halogens is 2. The zero-order valence-electron chi connectivity index (χ0n) is 15.9. The summed E-state index contributed by atoms with van der Waals surface area (Å²) in [5, 5.41) is 19.4. The lowest BCUT2D eigenvalue weighted by molar-refractivity contribution is -0.158. The van der Waals surface area contributed by atoms with E-state index in [1.807, 2.05) is 6.92 Å². The van der Waals surface area contributed by atoms with E-state index in [0.717, 1.165) is 23.5 Å². The highest BCUT2D eigenvalue weighted by Gasteiger charge is 2.42. The topological polar surface area (TPSA) is 115 Å². The molecular weight excluding hydrogens is 390 g/mol. The molecule has 1 aromatic heterocycles. The molecule has 3 atom stereocenters. The van der Waals surface area contributed by atoms with Crippen LogP contribution in [0.2, 0.25) is 0 Å². The van der Waals surface area contributed by atoms with E-state index < -0.39 is 35.8 Å². The molecule has 2 heterocycles. The molecule has 9 nitrogen and oxygen atoms in total. The van der Waals surface area contributed by atoms with Gasteiger partial charge in [-0.05, 0) is 18.6 Å². The van der Waals surface area contributed by atoms with Crippen LogP contribution in [0.3, 0.4) is 0 Å². The Hall–Kier alpha value is -2.82. The summed E-state index contributed by atoms with van der Waals surface area (Å²) in [6, 6.07) is 0.860. The molecule has 11 heteroatoms. The van der Waals surface area contributed by atoms with Crippen molar-refractivity contribution in [3.63, 3.8) is 0 Å². The van der Waals surface area contributed by atoms with Crippen LogP contribution >= 0.6 is 0 Å². The van der Waals surface area contributed by atoms with Crippen molar-refractivity contribution in [1.82, 2.24) is 14.7 Å². The van der Waals surface area contributed by atoms with Crippen molar-refractivity contribution >= 4 is 18.2 Å². The number of likely N-dealkylation sites (tertiary alicyclic amines) is 1. The van der Waals surface area contributed by atoms with Gasteiger partial charge in [0.1, 0.15) is 18.0 Å². The second-order valence-corrected chi connectivity index (χ2v) is 6.91. The molecule has 29 heavy (non-hydrogen) atoms. The summed E-state index contributed by atoms with van der Waals surface area (Å²) in [5.41, 5.74) is -0.267. The zero-order valence-corrected chi connectivity index (χ0v) is 15.9. The van der Waals surface area contributed by atoms with E-state index in [9.17, 15) is 33.6 Å². The van der Waals surface area contributed by atoms with Crippen molar-refractivity contribution in [3.05, 3.63) is 29.6 Å². The van der Waals surface area contributed by atoms with Crippen molar-refractivity contribution in [1.29, 1.82) is 0 Å². The molecule has 2 N–H and O–H groups in total. The molecule has 0 radical (unpaired) electrons. The Morgan fingerprint density at radius 2 is 2.17 bits per heavy atom. The number of hydroxylamine groups is 2. The number of pyridine rings is 1. The van der Waals surface area contributed by atoms with Gasteiger partial charge in [0.2, 0.25) is 12.3 Å². The molecule has 1 fully saturated rings. The first-order chi connectivity index (χ1) is 13.8.